The van der Waals surface area contributed by atoms with Crippen molar-refractivity contribution in [2.75, 3.05) is 7.11 Å². The summed E-state index contributed by atoms with van der Waals surface area (Å²) in [6, 6.07) is -1.85. The normalized spacial score (nSPS) is 14.3. The number of esters is 1. The Morgan fingerprint density at radius 3 is 2.45 bits per heavy atom. The van der Waals surface area contributed by atoms with Crippen LogP contribution in [0.1, 0.15) is 13.3 Å². The van der Waals surface area contributed by atoms with E-state index in [2.05, 4.69) is 4.74 Å². The molecule has 3 nitrogen and oxygen atoms in total. The lowest BCUT2D eigenvalue weighted by molar-refractivity contribution is -0.152. The predicted molar refractivity (Wildman–Crippen MR) is 35.2 cm³/mol. The van der Waals surface area contributed by atoms with Crippen molar-refractivity contribution in [3.05, 3.63) is 0 Å². The van der Waals surface area contributed by atoms with Gasteiger partial charge in [0, 0.05) is 6.42 Å². The summed E-state index contributed by atoms with van der Waals surface area (Å²) in [7, 11) is 1.02. The Labute approximate surface area is 63.5 Å². The molecule has 66 valence electrons. The molecule has 0 bridgehead atoms. The summed E-state index contributed by atoms with van der Waals surface area (Å²) in [5.74, 6) is -4.26. The lowest BCUT2D eigenvalue weighted by Gasteiger charge is -2.19. The van der Waals surface area contributed by atoms with E-state index in [1.165, 1.54) is 6.92 Å². The van der Waals surface area contributed by atoms with Gasteiger partial charge in [0.2, 0.25) is 0 Å². The highest BCUT2D eigenvalue weighted by atomic mass is 19.3. The first-order valence-corrected chi connectivity index (χ1v) is 3.17. The molecular weight excluding hydrogens is 156 g/mol. The number of carbonyl (C=O) groups excluding carboxylic acids is 1. The van der Waals surface area contributed by atoms with Crippen LogP contribution in [0.15, 0.2) is 0 Å². The average Bonchev–Trinajstić information content (AvgIpc) is 2.01. The van der Waals surface area contributed by atoms with E-state index in [4.69, 9.17) is 5.73 Å². The highest BCUT2D eigenvalue weighted by molar-refractivity contribution is 5.76. The minimum atomic E-state index is -3.17. The van der Waals surface area contributed by atoms with Gasteiger partial charge < -0.3 is 10.5 Å². The van der Waals surface area contributed by atoms with Gasteiger partial charge in [-0.1, -0.05) is 6.92 Å². The Morgan fingerprint density at radius 2 is 2.18 bits per heavy atom. The minimum absolute atomic E-state index is 0.469. The van der Waals surface area contributed by atoms with E-state index < -0.39 is 24.4 Å². The molecule has 0 saturated carbocycles. The molecule has 0 aliphatic heterocycles. The van der Waals surface area contributed by atoms with Crippen molar-refractivity contribution >= 4 is 5.97 Å². The molecule has 1 unspecified atom stereocenters. The van der Waals surface area contributed by atoms with Crippen LogP contribution in [0.5, 0.6) is 0 Å². The Bertz CT molecular complexity index is 150. The highest BCUT2D eigenvalue weighted by Crippen LogP contribution is 2.21. The first-order chi connectivity index (χ1) is 4.95. The molecule has 0 saturated heterocycles. The number of hydrogen-bond donors (Lipinski definition) is 1. The van der Waals surface area contributed by atoms with Crippen LogP contribution < -0.4 is 5.73 Å². The molecule has 0 rings (SSSR count). The topological polar surface area (TPSA) is 52.3 Å². The van der Waals surface area contributed by atoms with Crippen LogP contribution in [0, 0.1) is 0 Å². The van der Waals surface area contributed by atoms with E-state index >= 15 is 0 Å². The van der Waals surface area contributed by atoms with Crippen molar-refractivity contribution in [1.29, 1.82) is 0 Å². The number of halogens is 2. The third-order valence-corrected chi connectivity index (χ3v) is 1.38. The SMILES string of the molecule is CCC(F)(F)C(N)C(=O)OC. The van der Waals surface area contributed by atoms with Crippen LogP contribution in [0.4, 0.5) is 8.78 Å². The molecule has 5 heteroatoms. The highest BCUT2D eigenvalue weighted by Gasteiger charge is 2.40. The van der Waals surface area contributed by atoms with Crippen LogP contribution in [-0.2, 0) is 9.53 Å². The van der Waals surface area contributed by atoms with Crippen molar-refractivity contribution in [1.82, 2.24) is 0 Å². The van der Waals surface area contributed by atoms with E-state index in [1.807, 2.05) is 0 Å². The summed E-state index contributed by atoms with van der Waals surface area (Å²) < 4.78 is 29.2. The summed E-state index contributed by atoms with van der Waals surface area (Å²) in [5, 5.41) is 0. The van der Waals surface area contributed by atoms with Gasteiger partial charge in [-0.3, -0.25) is 4.79 Å². The second-order valence-electron chi connectivity index (χ2n) is 2.12. The largest absolute Gasteiger partial charge is 0.468 e. The summed E-state index contributed by atoms with van der Waals surface area (Å²) in [6.45, 7) is 1.25. The fourth-order valence-electron chi connectivity index (χ4n) is 0.519. The smallest absolute Gasteiger partial charge is 0.328 e. The predicted octanol–water partition coefficient (Wildman–Crippen LogP) is 0.532. The van der Waals surface area contributed by atoms with Crippen LogP contribution >= 0.6 is 0 Å². The number of carbonyl (C=O) groups is 1. The second kappa shape index (κ2) is 3.61. The van der Waals surface area contributed by atoms with Crippen LogP contribution in [0.25, 0.3) is 0 Å². The van der Waals surface area contributed by atoms with Gasteiger partial charge in [0.25, 0.3) is 5.92 Å². The summed E-state index contributed by atoms with van der Waals surface area (Å²) in [4.78, 5) is 10.5. The van der Waals surface area contributed by atoms with Crippen molar-refractivity contribution in [3.8, 4) is 0 Å². The molecule has 0 spiro atoms. The van der Waals surface area contributed by atoms with E-state index in [9.17, 15) is 13.6 Å². The molecule has 0 aliphatic carbocycles. The van der Waals surface area contributed by atoms with Crippen molar-refractivity contribution < 1.29 is 18.3 Å². The third kappa shape index (κ3) is 2.42. The van der Waals surface area contributed by atoms with Crippen LogP contribution in [0.3, 0.4) is 0 Å². The fourth-order valence-corrected chi connectivity index (χ4v) is 0.519. The summed E-state index contributed by atoms with van der Waals surface area (Å²) >= 11 is 0. The first-order valence-electron chi connectivity index (χ1n) is 3.17. The molecule has 2 N–H and O–H groups in total. The van der Waals surface area contributed by atoms with Gasteiger partial charge in [0.1, 0.15) is 0 Å². The molecule has 1 atom stereocenters. The number of hydrogen-bond acceptors (Lipinski definition) is 3. The van der Waals surface area contributed by atoms with Gasteiger partial charge in [-0.25, -0.2) is 8.78 Å². The number of methoxy groups -OCH3 is 1. The molecule has 0 aromatic carbocycles. The van der Waals surface area contributed by atoms with E-state index in [1.54, 1.807) is 0 Å². The first kappa shape index (κ1) is 10.3. The molecule has 0 heterocycles. The molecular formula is C6H11F2NO2. The minimum Gasteiger partial charge on any atom is -0.468 e. The van der Waals surface area contributed by atoms with Crippen molar-refractivity contribution in [2.45, 2.75) is 25.3 Å². The monoisotopic (exact) mass is 167 g/mol. The Hall–Kier alpha value is -0.710. The van der Waals surface area contributed by atoms with Crippen molar-refractivity contribution in [3.63, 3.8) is 0 Å². The zero-order chi connectivity index (χ0) is 9.07. The van der Waals surface area contributed by atoms with Gasteiger partial charge in [-0.15, -0.1) is 0 Å². The van der Waals surface area contributed by atoms with E-state index in [0.717, 1.165) is 7.11 Å². The van der Waals surface area contributed by atoms with Crippen LogP contribution in [0.2, 0.25) is 0 Å². The Kier molecular flexibility index (Phi) is 3.38. The molecule has 0 aliphatic rings. The van der Waals surface area contributed by atoms with E-state index in [-0.39, 0.29) is 0 Å². The maximum absolute atomic E-state index is 12.6. The van der Waals surface area contributed by atoms with Crippen LogP contribution in [-0.4, -0.2) is 25.0 Å². The van der Waals surface area contributed by atoms with Crippen molar-refractivity contribution in [2.24, 2.45) is 5.73 Å². The maximum atomic E-state index is 12.6. The van der Waals surface area contributed by atoms with E-state index in [0.29, 0.717) is 0 Å². The molecule has 0 radical (unpaired) electrons. The van der Waals surface area contributed by atoms with Gasteiger partial charge in [0.15, 0.2) is 6.04 Å². The number of alkyl halides is 2. The van der Waals surface area contributed by atoms with Gasteiger partial charge >= 0.3 is 5.97 Å². The fraction of sp³-hybridized carbons (Fsp3) is 0.833. The molecule has 0 amide bonds. The maximum Gasteiger partial charge on any atom is 0.328 e. The zero-order valence-corrected chi connectivity index (χ0v) is 6.43. The molecule has 11 heavy (non-hydrogen) atoms. The molecule has 0 fully saturated rings. The van der Waals surface area contributed by atoms with Gasteiger partial charge in [0.05, 0.1) is 7.11 Å². The van der Waals surface area contributed by atoms with Gasteiger partial charge in [-0.2, -0.15) is 0 Å². The Balaban J connectivity index is 4.22. The third-order valence-electron chi connectivity index (χ3n) is 1.38. The summed E-state index contributed by atoms with van der Waals surface area (Å²) in [6.07, 6.45) is -0.469. The number of ether oxygens (including phenoxy) is 1. The number of rotatable bonds is 3. The average molecular weight is 167 g/mol. The van der Waals surface area contributed by atoms with Gasteiger partial charge in [-0.05, 0) is 0 Å². The molecule has 0 aromatic heterocycles. The lowest BCUT2D eigenvalue weighted by atomic mass is 10.1. The quantitative estimate of drug-likeness (QED) is 0.624. The standard InChI is InChI=1S/C6H11F2NO2/c1-3-6(7,8)4(9)5(10)11-2/h4H,3,9H2,1-2H3. The zero-order valence-electron chi connectivity index (χ0n) is 6.43. The lowest BCUT2D eigenvalue weighted by Crippen LogP contribution is -2.47. The number of nitrogens with two attached hydrogens (primary N) is 1. The summed E-state index contributed by atoms with van der Waals surface area (Å²) in [5.41, 5.74) is 4.89. The Morgan fingerprint density at radius 1 is 1.73 bits per heavy atom. The molecule has 0 aromatic rings. The second-order valence-corrected chi connectivity index (χ2v) is 2.12.